The molecule has 1 atom stereocenters. The predicted octanol–water partition coefficient (Wildman–Crippen LogP) is 5.90. The molecule has 0 spiro atoms. The van der Waals surface area contributed by atoms with Crippen LogP contribution in [0.5, 0.6) is 0 Å². The van der Waals surface area contributed by atoms with Crippen LogP contribution in [0.1, 0.15) is 16.5 Å². The number of halogens is 5. The highest BCUT2D eigenvalue weighted by Gasteiger charge is 2.18. The molecule has 0 radical (unpaired) electrons. The average Bonchev–Trinajstić information content (AvgIpc) is 2.37. The van der Waals surface area contributed by atoms with E-state index in [0.29, 0.717) is 20.6 Å². The molecule has 0 nitrogen and oxygen atoms in total. The zero-order valence-electron chi connectivity index (χ0n) is 9.64. The second kappa shape index (κ2) is 6.21. The van der Waals surface area contributed by atoms with Crippen molar-refractivity contribution in [2.45, 2.75) is 11.8 Å². The van der Waals surface area contributed by atoms with Gasteiger partial charge in [0.2, 0.25) is 0 Å². The lowest BCUT2D eigenvalue weighted by Crippen LogP contribution is -2.02. The smallest absolute Gasteiger partial charge is 0.127 e. The Labute approximate surface area is 128 Å². The molecule has 2 aromatic carbocycles. The van der Waals surface area contributed by atoms with Gasteiger partial charge in [-0.25, -0.2) is 8.78 Å². The Morgan fingerprint density at radius 1 is 1.11 bits per heavy atom. The number of rotatable bonds is 3. The molecule has 0 saturated heterocycles. The number of hydrogen-bond acceptors (Lipinski definition) is 0. The van der Waals surface area contributed by atoms with Crippen LogP contribution >= 0.6 is 39.1 Å². The van der Waals surface area contributed by atoms with Gasteiger partial charge in [0.15, 0.2) is 0 Å². The van der Waals surface area contributed by atoms with E-state index >= 15 is 0 Å². The van der Waals surface area contributed by atoms with Crippen LogP contribution in [0.2, 0.25) is 5.02 Å². The zero-order valence-corrected chi connectivity index (χ0v) is 12.7. The van der Waals surface area contributed by atoms with Gasteiger partial charge in [-0.05, 0) is 36.8 Å². The second-order valence-electron chi connectivity index (χ2n) is 4.04. The Kier molecular flexibility index (Phi) is 4.82. The number of benzene rings is 2. The molecule has 2 rings (SSSR count). The summed E-state index contributed by atoms with van der Waals surface area (Å²) < 4.78 is 28.1. The van der Waals surface area contributed by atoms with E-state index in [1.807, 2.05) is 0 Å². The highest BCUT2D eigenvalue weighted by Crippen LogP contribution is 2.32. The van der Waals surface area contributed by atoms with Crippen molar-refractivity contribution in [1.29, 1.82) is 0 Å². The Balaban J connectivity index is 2.31. The van der Waals surface area contributed by atoms with E-state index in [4.69, 9.17) is 23.2 Å². The van der Waals surface area contributed by atoms with Crippen molar-refractivity contribution in [2.75, 3.05) is 0 Å². The van der Waals surface area contributed by atoms with Crippen LogP contribution in [-0.4, -0.2) is 0 Å². The standard InChI is InChI=1S/C14H9BrCl2F2/c15-8-4-5-14(19)9(6-8)12(17)7-10-11(16)2-1-3-13(10)18/h1-6,12H,7H2. The third kappa shape index (κ3) is 3.47. The van der Waals surface area contributed by atoms with Crippen LogP contribution in [0.4, 0.5) is 8.78 Å². The first-order valence-corrected chi connectivity index (χ1v) is 7.11. The maximum atomic E-state index is 13.7. The van der Waals surface area contributed by atoms with Crippen molar-refractivity contribution >= 4 is 39.1 Å². The van der Waals surface area contributed by atoms with Crippen molar-refractivity contribution in [1.82, 2.24) is 0 Å². The maximum Gasteiger partial charge on any atom is 0.127 e. The normalized spacial score (nSPS) is 12.5. The van der Waals surface area contributed by atoms with Crippen LogP contribution in [0.25, 0.3) is 0 Å². The van der Waals surface area contributed by atoms with Crippen LogP contribution in [0.15, 0.2) is 40.9 Å². The van der Waals surface area contributed by atoms with E-state index in [1.165, 1.54) is 18.2 Å². The van der Waals surface area contributed by atoms with Crippen LogP contribution < -0.4 is 0 Å². The Morgan fingerprint density at radius 3 is 2.53 bits per heavy atom. The highest BCUT2D eigenvalue weighted by molar-refractivity contribution is 9.10. The van der Waals surface area contributed by atoms with E-state index in [1.54, 1.807) is 18.2 Å². The zero-order chi connectivity index (χ0) is 14.0. The number of hydrogen-bond donors (Lipinski definition) is 0. The molecule has 0 fully saturated rings. The van der Waals surface area contributed by atoms with E-state index in [9.17, 15) is 8.78 Å². The predicted molar refractivity (Wildman–Crippen MR) is 77.8 cm³/mol. The van der Waals surface area contributed by atoms with Crippen molar-refractivity contribution in [3.8, 4) is 0 Å². The van der Waals surface area contributed by atoms with Gasteiger partial charge in [-0.15, -0.1) is 11.6 Å². The molecule has 0 aliphatic heterocycles. The lowest BCUT2D eigenvalue weighted by Gasteiger charge is -2.13. The highest BCUT2D eigenvalue weighted by atomic mass is 79.9. The van der Waals surface area contributed by atoms with E-state index in [2.05, 4.69) is 15.9 Å². The van der Waals surface area contributed by atoms with Crippen LogP contribution in [0.3, 0.4) is 0 Å². The minimum absolute atomic E-state index is 0.125. The molecule has 0 bridgehead atoms. The molecule has 1 unspecified atom stereocenters. The van der Waals surface area contributed by atoms with E-state index in [0.717, 1.165) is 0 Å². The SMILES string of the molecule is Fc1ccc(Br)cc1C(Cl)Cc1c(F)cccc1Cl. The third-order valence-corrected chi connectivity index (χ3v) is 3.98. The molecule has 0 N–H and O–H groups in total. The number of alkyl halides is 1. The average molecular weight is 366 g/mol. The molecule has 0 saturated carbocycles. The maximum absolute atomic E-state index is 13.7. The van der Waals surface area contributed by atoms with Crippen molar-refractivity contribution < 1.29 is 8.78 Å². The second-order valence-corrected chi connectivity index (χ2v) is 5.89. The minimum atomic E-state index is -0.688. The summed E-state index contributed by atoms with van der Waals surface area (Å²) >= 11 is 15.4. The molecule has 2 aromatic rings. The van der Waals surface area contributed by atoms with Gasteiger partial charge in [0, 0.05) is 20.6 Å². The monoisotopic (exact) mass is 364 g/mol. The summed E-state index contributed by atoms with van der Waals surface area (Å²) in [5.74, 6) is -0.857. The summed E-state index contributed by atoms with van der Waals surface area (Å²) in [5.41, 5.74) is 0.610. The van der Waals surface area contributed by atoms with E-state index in [-0.39, 0.29) is 6.42 Å². The van der Waals surface area contributed by atoms with Gasteiger partial charge in [0.25, 0.3) is 0 Å². The fourth-order valence-electron chi connectivity index (χ4n) is 1.77. The van der Waals surface area contributed by atoms with Crippen molar-refractivity contribution in [3.63, 3.8) is 0 Å². The molecule has 0 heterocycles. The molecule has 5 heteroatoms. The third-order valence-electron chi connectivity index (χ3n) is 2.74. The van der Waals surface area contributed by atoms with Crippen molar-refractivity contribution in [2.24, 2.45) is 0 Å². The molecular formula is C14H9BrCl2F2. The summed E-state index contributed by atoms with van der Waals surface area (Å²) in [6, 6.07) is 8.89. The summed E-state index contributed by atoms with van der Waals surface area (Å²) in [6.45, 7) is 0. The summed E-state index contributed by atoms with van der Waals surface area (Å²) in [4.78, 5) is 0. The largest absolute Gasteiger partial charge is 0.207 e. The van der Waals surface area contributed by atoms with Crippen molar-refractivity contribution in [3.05, 3.63) is 68.7 Å². The minimum Gasteiger partial charge on any atom is -0.207 e. The molecule has 0 aliphatic rings. The quantitative estimate of drug-likeness (QED) is 0.593. The molecule has 19 heavy (non-hydrogen) atoms. The first-order chi connectivity index (χ1) is 8.99. The molecule has 100 valence electrons. The first kappa shape index (κ1) is 14.8. The van der Waals surface area contributed by atoms with Gasteiger partial charge in [0.1, 0.15) is 11.6 Å². The Morgan fingerprint density at radius 2 is 1.84 bits per heavy atom. The molecule has 0 amide bonds. The van der Waals surface area contributed by atoms with Crippen LogP contribution in [0, 0.1) is 11.6 Å². The summed E-state index contributed by atoms with van der Waals surface area (Å²) in [5, 5.41) is -0.395. The van der Waals surface area contributed by atoms with Gasteiger partial charge < -0.3 is 0 Å². The summed E-state index contributed by atoms with van der Waals surface area (Å²) in [7, 11) is 0. The Hall–Kier alpha value is -0.640. The lowest BCUT2D eigenvalue weighted by molar-refractivity contribution is 0.591. The van der Waals surface area contributed by atoms with Gasteiger partial charge in [-0.2, -0.15) is 0 Å². The topological polar surface area (TPSA) is 0 Å². The molecule has 0 aliphatic carbocycles. The fourth-order valence-corrected chi connectivity index (χ4v) is 2.71. The Bertz CT molecular complexity index is 582. The summed E-state index contributed by atoms with van der Waals surface area (Å²) in [6.07, 6.45) is 0.125. The van der Waals surface area contributed by atoms with E-state index < -0.39 is 17.0 Å². The fraction of sp³-hybridized carbons (Fsp3) is 0.143. The van der Waals surface area contributed by atoms with Gasteiger partial charge in [-0.1, -0.05) is 33.6 Å². The van der Waals surface area contributed by atoms with Crippen LogP contribution in [-0.2, 0) is 6.42 Å². The van der Waals surface area contributed by atoms with Gasteiger partial charge in [-0.3, -0.25) is 0 Å². The molecule has 0 aromatic heterocycles. The van der Waals surface area contributed by atoms with Gasteiger partial charge in [0.05, 0.1) is 5.38 Å². The lowest BCUT2D eigenvalue weighted by atomic mass is 10.0. The van der Waals surface area contributed by atoms with Gasteiger partial charge >= 0.3 is 0 Å². The molecular weight excluding hydrogens is 357 g/mol. The first-order valence-electron chi connectivity index (χ1n) is 5.51.